The third kappa shape index (κ3) is 0.691. The molecule has 4 heteroatoms. The molecule has 1 amide bonds. The minimum Gasteiger partial charge on any atom is -0.320 e. The van der Waals surface area contributed by atoms with Gasteiger partial charge in [0.1, 0.15) is 5.82 Å². The molecule has 1 N–H and O–H groups in total. The number of carbonyl (C=O) groups excluding carboxylic acids is 1. The third-order valence-corrected chi connectivity index (χ3v) is 1.50. The van der Waals surface area contributed by atoms with Crippen molar-refractivity contribution in [1.29, 1.82) is 0 Å². The van der Waals surface area contributed by atoms with E-state index in [9.17, 15) is 4.79 Å². The summed E-state index contributed by atoms with van der Waals surface area (Å²) in [6.45, 7) is 0. The number of nitrogens with one attached hydrogen (secondary N) is 1. The standard InChI is InChI=1S/C6H5BN2O/c10-6-7-4-2-1-3-8-5(4)9-6/h1-3,7H,(H,8,9,10). The largest absolute Gasteiger partial charge is 0.320 e. The van der Waals surface area contributed by atoms with Crippen LogP contribution in [0.3, 0.4) is 0 Å². The normalized spacial score (nSPS) is 13.8. The Morgan fingerprint density at radius 1 is 1.60 bits per heavy atom. The van der Waals surface area contributed by atoms with Crippen LogP contribution in [-0.2, 0) is 0 Å². The SMILES string of the molecule is O=C1Bc2cccnc2N1. The number of pyridine rings is 1. The zero-order chi connectivity index (χ0) is 6.97. The van der Waals surface area contributed by atoms with E-state index in [2.05, 4.69) is 10.3 Å². The zero-order valence-corrected chi connectivity index (χ0v) is 5.29. The monoisotopic (exact) mass is 132 g/mol. The van der Waals surface area contributed by atoms with Crippen LogP contribution in [-0.4, -0.2) is 18.1 Å². The minimum absolute atomic E-state index is 0.0358. The second-order valence-corrected chi connectivity index (χ2v) is 2.24. The van der Waals surface area contributed by atoms with Crippen LogP contribution in [0.4, 0.5) is 10.6 Å². The Balaban J connectivity index is 2.51. The highest BCUT2D eigenvalue weighted by atomic mass is 16.1. The molecule has 0 saturated carbocycles. The van der Waals surface area contributed by atoms with Gasteiger partial charge in [-0.25, -0.2) is 4.98 Å². The second kappa shape index (κ2) is 1.83. The average Bonchev–Trinajstić information content (AvgIpc) is 2.27. The summed E-state index contributed by atoms with van der Waals surface area (Å²) in [7, 11) is 0.475. The molecular formula is C6H5BN2O. The molecule has 0 unspecified atom stereocenters. The van der Waals surface area contributed by atoms with Crippen molar-refractivity contribution >= 4 is 24.4 Å². The molecule has 2 rings (SSSR count). The molecule has 1 aromatic heterocycles. The predicted octanol–water partition coefficient (Wildman–Crippen LogP) is -0.311. The van der Waals surface area contributed by atoms with E-state index < -0.39 is 0 Å². The van der Waals surface area contributed by atoms with Crippen LogP contribution in [0.1, 0.15) is 0 Å². The van der Waals surface area contributed by atoms with Gasteiger partial charge < -0.3 is 5.32 Å². The van der Waals surface area contributed by atoms with Crippen molar-refractivity contribution in [2.45, 2.75) is 0 Å². The summed E-state index contributed by atoms with van der Waals surface area (Å²) in [5.41, 5.74) is 0.993. The summed E-state index contributed by atoms with van der Waals surface area (Å²) in [4.78, 5) is 14.7. The lowest BCUT2D eigenvalue weighted by Gasteiger charge is -1.92. The molecule has 0 radical (unpaired) electrons. The van der Waals surface area contributed by atoms with E-state index in [4.69, 9.17) is 0 Å². The maximum Gasteiger partial charge on any atom is 0.272 e. The lowest BCUT2D eigenvalue weighted by atomic mass is 9.73. The van der Waals surface area contributed by atoms with E-state index in [1.54, 1.807) is 6.20 Å². The van der Waals surface area contributed by atoms with Gasteiger partial charge in [-0.15, -0.1) is 0 Å². The molecule has 10 heavy (non-hydrogen) atoms. The Morgan fingerprint density at radius 2 is 2.50 bits per heavy atom. The summed E-state index contributed by atoms with van der Waals surface area (Å²) >= 11 is 0. The van der Waals surface area contributed by atoms with Crippen molar-refractivity contribution in [3.63, 3.8) is 0 Å². The molecule has 0 aromatic carbocycles. The lowest BCUT2D eigenvalue weighted by Crippen LogP contribution is -2.14. The molecule has 1 aromatic rings. The van der Waals surface area contributed by atoms with Crippen molar-refractivity contribution in [2.24, 2.45) is 0 Å². The van der Waals surface area contributed by atoms with Gasteiger partial charge >= 0.3 is 0 Å². The van der Waals surface area contributed by atoms with Crippen molar-refractivity contribution in [2.75, 3.05) is 5.32 Å². The highest BCUT2D eigenvalue weighted by Crippen LogP contribution is 2.02. The number of carbonyl (C=O) groups is 1. The van der Waals surface area contributed by atoms with Gasteiger partial charge in [-0.3, -0.25) is 4.79 Å². The fourth-order valence-electron chi connectivity index (χ4n) is 1.04. The van der Waals surface area contributed by atoms with E-state index in [1.807, 2.05) is 12.1 Å². The van der Waals surface area contributed by atoms with Crippen LogP contribution in [0.5, 0.6) is 0 Å². The van der Waals surface area contributed by atoms with Gasteiger partial charge in [0.05, 0.1) is 0 Å². The number of amides is 1. The quantitative estimate of drug-likeness (QED) is 0.492. The van der Waals surface area contributed by atoms with Crippen molar-refractivity contribution in [3.05, 3.63) is 18.3 Å². The molecule has 1 aliphatic heterocycles. The van der Waals surface area contributed by atoms with Crippen LogP contribution < -0.4 is 10.8 Å². The van der Waals surface area contributed by atoms with E-state index in [0.29, 0.717) is 13.1 Å². The van der Waals surface area contributed by atoms with Crippen LogP contribution >= 0.6 is 0 Å². The smallest absolute Gasteiger partial charge is 0.272 e. The topological polar surface area (TPSA) is 42.0 Å². The van der Waals surface area contributed by atoms with Gasteiger partial charge in [0.25, 0.3) is 7.28 Å². The number of rotatable bonds is 0. The van der Waals surface area contributed by atoms with Crippen molar-refractivity contribution in [1.82, 2.24) is 4.98 Å². The first-order valence-electron chi connectivity index (χ1n) is 3.10. The first kappa shape index (κ1) is 5.47. The number of hydrogen-bond acceptors (Lipinski definition) is 2. The van der Waals surface area contributed by atoms with Crippen LogP contribution in [0, 0.1) is 0 Å². The molecule has 3 nitrogen and oxygen atoms in total. The van der Waals surface area contributed by atoms with Gasteiger partial charge in [-0.1, -0.05) is 6.07 Å². The Bertz CT molecular complexity index is 260. The molecule has 0 atom stereocenters. The average molecular weight is 132 g/mol. The van der Waals surface area contributed by atoms with Crippen molar-refractivity contribution in [3.8, 4) is 0 Å². The van der Waals surface area contributed by atoms with E-state index in [1.165, 1.54) is 0 Å². The molecule has 0 saturated heterocycles. The third-order valence-electron chi connectivity index (χ3n) is 1.50. The van der Waals surface area contributed by atoms with Gasteiger partial charge in [0.15, 0.2) is 5.81 Å². The highest BCUT2D eigenvalue weighted by Gasteiger charge is 2.18. The Hall–Kier alpha value is -1.32. The van der Waals surface area contributed by atoms with Crippen LogP contribution in [0.2, 0.25) is 0 Å². The highest BCUT2D eigenvalue weighted by molar-refractivity contribution is 6.89. The molecule has 0 spiro atoms. The molecule has 2 heterocycles. The van der Waals surface area contributed by atoms with Gasteiger partial charge in [0, 0.05) is 6.20 Å². The van der Waals surface area contributed by atoms with Crippen LogP contribution in [0.15, 0.2) is 18.3 Å². The fraction of sp³-hybridized carbons (Fsp3) is 0. The fourth-order valence-corrected chi connectivity index (χ4v) is 1.04. The number of aromatic nitrogens is 1. The molecule has 1 aliphatic rings. The van der Waals surface area contributed by atoms with E-state index in [-0.39, 0.29) is 5.81 Å². The molecule has 0 aliphatic carbocycles. The molecule has 0 bridgehead atoms. The molecule has 48 valence electrons. The maximum absolute atomic E-state index is 10.7. The first-order chi connectivity index (χ1) is 4.86. The van der Waals surface area contributed by atoms with E-state index in [0.717, 1.165) is 5.46 Å². The minimum atomic E-state index is 0.0358. The number of nitrogens with zero attached hydrogens (tertiary/aromatic N) is 1. The van der Waals surface area contributed by atoms with Gasteiger partial charge in [-0.2, -0.15) is 0 Å². The summed E-state index contributed by atoms with van der Waals surface area (Å²) in [6.07, 6.45) is 1.67. The Morgan fingerprint density at radius 3 is 3.30 bits per heavy atom. The first-order valence-corrected chi connectivity index (χ1v) is 3.10. The summed E-state index contributed by atoms with van der Waals surface area (Å²) in [6, 6.07) is 3.74. The Kier molecular flexibility index (Phi) is 1.00. The number of anilines is 1. The Labute approximate surface area is 58.7 Å². The predicted molar refractivity (Wildman–Crippen MR) is 40.0 cm³/mol. The van der Waals surface area contributed by atoms with Crippen molar-refractivity contribution < 1.29 is 4.79 Å². The number of fused-ring (bicyclic) bond motifs is 1. The summed E-state index contributed by atoms with van der Waals surface area (Å²) in [5.74, 6) is 0.751. The molecular weight excluding hydrogens is 127 g/mol. The number of hydrogen-bond donors (Lipinski definition) is 1. The maximum atomic E-state index is 10.7. The van der Waals surface area contributed by atoms with E-state index >= 15 is 0 Å². The van der Waals surface area contributed by atoms with Crippen LogP contribution in [0.25, 0.3) is 0 Å². The summed E-state index contributed by atoms with van der Waals surface area (Å²) < 4.78 is 0. The lowest BCUT2D eigenvalue weighted by molar-refractivity contribution is 0.269. The van der Waals surface area contributed by atoms with Gasteiger partial charge in [0.2, 0.25) is 0 Å². The van der Waals surface area contributed by atoms with Gasteiger partial charge in [-0.05, 0) is 11.5 Å². The summed E-state index contributed by atoms with van der Waals surface area (Å²) in [5, 5.41) is 2.65. The second-order valence-electron chi connectivity index (χ2n) is 2.24. The zero-order valence-electron chi connectivity index (χ0n) is 5.29. The molecule has 0 fully saturated rings.